The maximum absolute atomic E-state index is 14.2. The molecule has 1 atom stereocenters. The second kappa shape index (κ2) is 5.63. The lowest BCUT2D eigenvalue weighted by molar-refractivity contribution is 0.554. The van der Waals surface area contributed by atoms with Crippen molar-refractivity contribution in [2.24, 2.45) is 7.05 Å². The summed E-state index contributed by atoms with van der Waals surface area (Å²) in [5, 5.41) is 7.42. The Bertz CT molecular complexity index is 539. The Kier molecular flexibility index (Phi) is 4.14. The van der Waals surface area contributed by atoms with Gasteiger partial charge in [-0.3, -0.25) is 4.68 Å². The summed E-state index contributed by atoms with van der Waals surface area (Å²) in [6, 6.07) is 5.15. The average Bonchev–Trinajstić information content (AvgIpc) is 2.77. The van der Waals surface area contributed by atoms with Gasteiger partial charge in [-0.05, 0) is 28.5 Å². The number of benzene rings is 1. The molecule has 0 amide bonds. The molecule has 1 aromatic heterocycles. The second-order valence-corrected chi connectivity index (χ2v) is 4.94. The number of halogens is 2. The van der Waals surface area contributed by atoms with E-state index in [4.69, 9.17) is 0 Å². The van der Waals surface area contributed by atoms with Crippen LogP contribution in [-0.2, 0) is 7.05 Å². The third kappa shape index (κ3) is 2.62. The molecule has 18 heavy (non-hydrogen) atoms. The first-order chi connectivity index (χ1) is 8.63. The SMILES string of the molecule is CCNC(c1cnn(C)c1)c1cccc(Br)c1F. The summed E-state index contributed by atoms with van der Waals surface area (Å²) < 4.78 is 16.3. The Hall–Kier alpha value is -1.20. The largest absolute Gasteiger partial charge is 0.306 e. The van der Waals surface area contributed by atoms with E-state index >= 15 is 0 Å². The first kappa shape index (κ1) is 13.2. The second-order valence-electron chi connectivity index (χ2n) is 4.08. The number of rotatable bonds is 4. The van der Waals surface area contributed by atoms with E-state index in [-0.39, 0.29) is 11.9 Å². The Morgan fingerprint density at radius 1 is 1.50 bits per heavy atom. The summed E-state index contributed by atoms with van der Waals surface area (Å²) in [6.45, 7) is 2.75. The molecule has 0 fully saturated rings. The number of aromatic nitrogens is 2. The van der Waals surface area contributed by atoms with Gasteiger partial charge in [0.25, 0.3) is 0 Å². The van der Waals surface area contributed by atoms with Crippen LogP contribution in [0.1, 0.15) is 24.1 Å². The number of hydrogen-bond donors (Lipinski definition) is 1. The molecular weight excluding hydrogens is 297 g/mol. The quantitative estimate of drug-likeness (QED) is 0.940. The highest BCUT2D eigenvalue weighted by atomic mass is 79.9. The first-order valence-electron chi connectivity index (χ1n) is 5.79. The molecule has 0 saturated carbocycles. The normalized spacial score (nSPS) is 12.7. The van der Waals surface area contributed by atoms with Crippen LogP contribution in [0.3, 0.4) is 0 Å². The van der Waals surface area contributed by atoms with Gasteiger partial charge < -0.3 is 5.32 Å². The fraction of sp³-hybridized carbons (Fsp3) is 0.308. The smallest absolute Gasteiger partial charge is 0.142 e. The molecule has 2 aromatic rings. The van der Waals surface area contributed by atoms with Crippen molar-refractivity contribution in [3.8, 4) is 0 Å². The topological polar surface area (TPSA) is 29.9 Å². The molecule has 1 unspecified atom stereocenters. The molecule has 2 rings (SSSR count). The monoisotopic (exact) mass is 311 g/mol. The Morgan fingerprint density at radius 3 is 2.89 bits per heavy atom. The van der Waals surface area contributed by atoms with Crippen molar-refractivity contribution in [2.45, 2.75) is 13.0 Å². The van der Waals surface area contributed by atoms with Gasteiger partial charge in [-0.2, -0.15) is 5.10 Å². The van der Waals surface area contributed by atoms with Crippen LogP contribution in [0.15, 0.2) is 35.1 Å². The van der Waals surface area contributed by atoms with Gasteiger partial charge in [-0.15, -0.1) is 0 Å². The zero-order chi connectivity index (χ0) is 13.1. The van der Waals surface area contributed by atoms with E-state index in [2.05, 4.69) is 26.3 Å². The molecule has 0 bridgehead atoms. The van der Waals surface area contributed by atoms with Gasteiger partial charge in [0, 0.05) is 24.4 Å². The van der Waals surface area contributed by atoms with Crippen LogP contribution >= 0.6 is 15.9 Å². The molecule has 96 valence electrons. The highest BCUT2D eigenvalue weighted by Crippen LogP contribution is 2.28. The van der Waals surface area contributed by atoms with Crippen LogP contribution in [0.4, 0.5) is 4.39 Å². The predicted molar refractivity (Wildman–Crippen MR) is 72.8 cm³/mol. The van der Waals surface area contributed by atoms with Gasteiger partial charge in [-0.25, -0.2) is 4.39 Å². The molecule has 0 spiro atoms. The van der Waals surface area contributed by atoms with Crippen molar-refractivity contribution in [1.82, 2.24) is 15.1 Å². The molecular formula is C13H15BrFN3. The minimum absolute atomic E-state index is 0.179. The van der Waals surface area contributed by atoms with Gasteiger partial charge in [0.1, 0.15) is 5.82 Å². The van der Waals surface area contributed by atoms with E-state index in [1.807, 2.05) is 26.2 Å². The highest BCUT2D eigenvalue weighted by Gasteiger charge is 2.19. The van der Waals surface area contributed by atoms with Crippen molar-refractivity contribution < 1.29 is 4.39 Å². The fourth-order valence-corrected chi connectivity index (χ4v) is 2.33. The van der Waals surface area contributed by atoms with Crippen LogP contribution < -0.4 is 5.32 Å². The molecule has 0 aliphatic rings. The van der Waals surface area contributed by atoms with Gasteiger partial charge in [0.2, 0.25) is 0 Å². The van der Waals surface area contributed by atoms with Gasteiger partial charge in [0.15, 0.2) is 0 Å². The van der Waals surface area contributed by atoms with Crippen LogP contribution in [-0.4, -0.2) is 16.3 Å². The van der Waals surface area contributed by atoms with E-state index < -0.39 is 0 Å². The van der Waals surface area contributed by atoms with E-state index in [9.17, 15) is 4.39 Å². The number of hydrogen-bond acceptors (Lipinski definition) is 2. The summed E-state index contributed by atoms with van der Waals surface area (Å²) in [5.41, 5.74) is 1.58. The molecule has 1 heterocycles. The van der Waals surface area contributed by atoms with E-state index in [0.717, 1.165) is 12.1 Å². The first-order valence-corrected chi connectivity index (χ1v) is 6.58. The summed E-state index contributed by atoms with van der Waals surface area (Å²) >= 11 is 3.22. The Labute approximate surface area is 114 Å². The van der Waals surface area contributed by atoms with E-state index in [0.29, 0.717) is 10.0 Å². The number of nitrogens with one attached hydrogen (secondary N) is 1. The third-order valence-corrected chi connectivity index (χ3v) is 3.37. The standard InChI is InChI=1S/C13H15BrFN3/c1-3-16-13(9-7-17-18(2)8-9)10-5-4-6-11(14)12(10)15/h4-8,13,16H,3H2,1-2H3. The number of aryl methyl sites for hydroxylation is 1. The summed E-state index contributed by atoms with van der Waals surface area (Å²) in [7, 11) is 1.85. The minimum Gasteiger partial charge on any atom is -0.306 e. The Balaban J connectivity index is 2.44. The minimum atomic E-state index is -0.229. The van der Waals surface area contributed by atoms with Gasteiger partial charge >= 0.3 is 0 Å². The molecule has 1 N–H and O–H groups in total. The molecule has 5 heteroatoms. The van der Waals surface area contributed by atoms with Gasteiger partial charge in [0.05, 0.1) is 16.7 Å². The maximum atomic E-state index is 14.2. The zero-order valence-corrected chi connectivity index (χ0v) is 11.9. The maximum Gasteiger partial charge on any atom is 0.142 e. The van der Waals surface area contributed by atoms with Gasteiger partial charge in [-0.1, -0.05) is 19.1 Å². The summed E-state index contributed by atoms with van der Waals surface area (Å²) in [6.07, 6.45) is 3.65. The Morgan fingerprint density at radius 2 is 2.28 bits per heavy atom. The van der Waals surface area contributed by atoms with Crippen LogP contribution in [0.25, 0.3) is 0 Å². The highest BCUT2D eigenvalue weighted by molar-refractivity contribution is 9.10. The van der Waals surface area contributed by atoms with Crippen molar-refractivity contribution in [3.05, 3.63) is 52.0 Å². The molecule has 3 nitrogen and oxygen atoms in total. The molecule has 0 radical (unpaired) electrons. The van der Waals surface area contributed by atoms with E-state index in [1.54, 1.807) is 23.0 Å². The van der Waals surface area contributed by atoms with Crippen LogP contribution in [0, 0.1) is 5.82 Å². The fourth-order valence-electron chi connectivity index (χ4n) is 1.94. The molecule has 0 aliphatic heterocycles. The number of nitrogens with zero attached hydrogens (tertiary/aromatic N) is 2. The lowest BCUT2D eigenvalue weighted by Gasteiger charge is -2.18. The van der Waals surface area contributed by atoms with Crippen molar-refractivity contribution >= 4 is 15.9 Å². The third-order valence-electron chi connectivity index (χ3n) is 2.76. The van der Waals surface area contributed by atoms with Crippen molar-refractivity contribution in [1.29, 1.82) is 0 Å². The molecule has 1 aromatic carbocycles. The lowest BCUT2D eigenvalue weighted by Crippen LogP contribution is -2.22. The summed E-state index contributed by atoms with van der Waals surface area (Å²) in [5.74, 6) is -0.229. The molecule has 0 saturated heterocycles. The van der Waals surface area contributed by atoms with Crippen molar-refractivity contribution in [2.75, 3.05) is 6.54 Å². The molecule has 0 aliphatic carbocycles. The van der Waals surface area contributed by atoms with E-state index in [1.165, 1.54) is 0 Å². The van der Waals surface area contributed by atoms with Crippen LogP contribution in [0.2, 0.25) is 0 Å². The predicted octanol–water partition coefficient (Wildman–Crippen LogP) is 3.02. The summed E-state index contributed by atoms with van der Waals surface area (Å²) in [4.78, 5) is 0. The lowest BCUT2D eigenvalue weighted by atomic mass is 10.0. The van der Waals surface area contributed by atoms with Crippen molar-refractivity contribution in [3.63, 3.8) is 0 Å². The average molecular weight is 312 g/mol. The zero-order valence-electron chi connectivity index (χ0n) is 10.3. The van der Waals surface area contributed by atoms with Crippen LogP contribution in [0.5, 0.6) is 0 Å².